The monoisotopic (exact) mass is 234 g/mol. The van der Waals surface area contributed by atoms with E-state index in [0.29, 0.717) is 19.6 Å². The van der Waals surface area contributed by atoms with Crippen LogP contribution >= 0.6 is 0 Å². The van der Waals surface area contributed by atoms with Gasteiger partial charge in [-0.3, -0.25) is 9.69 Å². The lowest BCUT2D eigenvalue weighted by atomic mass is 10.3. The molecule has 1 saturated heterocycles. The summed E-state index contributed by atoms with van der Waals surface area (Å²) in [7, 11) is -2.85. The summed E-state index contributed by atoms with van der Waals surface area (Å²) in [5.74, 6) is 0.300. The zero-order chi connectivity index (χ0) is 11.5. The van der Waals surface area contributed by atoms with Crippen LogP contribution in [-0.4, -0.2) is 56.4 Å². The Morgan fingerprint density at radius 3 is 2.33 bits per heavy atom. The van der Waals surface area contributed by atoms with Crippen LogP contribution in [0.25, 0.3) is 0 Å². The van der Waals surface area contributed by atoms with Crippen LogP contribution in [0.15, 0.2) is 0 Å². The molecule has 0 aliphatic carbocycles. The summed E-state index contributed by atoms with van der Waals surface area (Å²) in [6, 6.07) is 0.131. The fourth-order valence-corrected chi connectivity index (χ4v) is 2.76. The highest BCUT2D eigenvalue weighted by Gasteiger charge is 2.22. The van der Waals surface area contributed by atoms with Gasteiger partial charge in [-0.2, -0.15) is 0 Å². The number of amides is 1. The number of carbonyl (C=O) groups is 1. The molecule has 0 radical (unpaired) electrons. The fraction of sp³-hybridized carbons (Fsp3) is 0.889. The van der Waals surface area contributed by atoms with Gasteiger partial charge < -0.3 is 5.32 Å². The summed E-state index contributed by atoms with van der Waals surface area (Å²) in [6.07, 6.45) is 0. The number of nitrogens with zero attached hydrogens (tertiary/aromatic N) is 1. The number of nitrogens with one attached hydrogen (secondary N) is 1. The Bertz CT molecular complexity index is 310. The van der Waals surface area contributed by atoms with E-state index >= 15 is 0 Å². The molecule has 0 aromatic heterocycles. The molecule has 1 rings (SSSR count). The first kappa shape index (κ1) is 12.4. The van der Waals surface area contributed by atoms with Gasteiger partial charge in [-0.1, -0.05) is 0 Å². The number of hydrogen-bond acceptors (Lipinski definition) is 4. The van der Waals surface area contributed by atoms with Crippen LogP contribution < -0.4 is 5.32 Å². The van der Waals surface area contributed by atoms with Crippen molar-refractivity contribution in [2.24, 2.45) is 0 Å². The molecule has 0 bridgehead atoms. The van der Waals surface area contributed by atoms with Crippen molar-refractivity contribution in [1.82, 2.24) is 10.2 Å². The van der Waals surface area contributed by atoms with Gasteiger partial charge >= 0.3 is 0 Å². The molecule has 0 spiro atoms. The lowest BCUT2D eigenvalue weighted by molar-refractivity contribution is -0.122. The van der Waals surface area contributed by atoms with Gasteiger partial charge in [0.2, 0.25) is 5.91 Å². The van der Waals surface area contributed by atoms with Crippen molar-refractivity contribution >= 4 is 15.7 Å². The molecule has 1 N–H and O–H groups in total. The first-order chi connectivity index (χ1) is 6.89. The number of hydrogen-bond donors (Lipinski definition) is 1. The van der Waals surface area contributed by atoms with Crippen LogP contribution in [0.1, 0.15) is 13.8 Å². The normalized spacial score (nSPS) is 21.5. The third kappa shape index (κ3) is 4.61. The van der Waals surface area contributed by atoms with Crippen molar-refractivity contribution in [3.8, 4) is 0 Å². The first-order valence-corrected chi connectivity index (χ1v) is 6.93. The maximum Gasteiger partial charge on any atom is 0.234 e. The van der Waals surface area contributed by atoms with Crippen molar-refractivity contribution in [2.75, 3.05) is 31.1 Å². The standard InChI is InChI=1S/C9H18N2O3S/c1-8(2)10-9(12)7-11-3-5-15(13,14)6-4-11/h8H,3-7H2,1-2H3,(H,10,12). The number of sulfone groups is 1. The molecule has 1 heterocycles. The van der Waals surface area contributed by atoms with E-state index in [4.69, 9.17) is 0 Å². The van der Waals surface area contributed by atoms with E-state index in [9.17, 15) is 13.2 Å². The Kier molecular flexibility index (Phi) is 4.10. The zero-order valence-corrected chi connectivity index (χ0v) is 10.0. The lowest BCUT2D eigenvalue weighted by Gasteiger charge is -2.26. The smallest absolute Gasteiger partial charge is 0.234 e. The molecular formula is C9H18N2O3S. The molecule has 0 unspecified atom stereocenters. The quantitative estimate of drug-likeness (QED) is 0.697. The van der Waals surface area contributed by atoms with Crippen LogP contribution in [-0.2, 0) is 14.6 Å². The summed E-state index contributed by atoms with van der Waals surface area (Å²) in [5.41, 5.74) is 0. The van der Waals surface area contributed by atoms with Crippen LogP contribution in [0.3, 0.4) is 0 Å². The first-order valence-electron chi connectivity index (χ1n) is 5.11. The third-order valence-electron chi connectivity index (χ3n) is 2.25. The minimum absolute atomic E-state index is 0.0377. The van der Waals surface area contributed by atoms with Crippen molar-refractivity contribution in [1.29, 1.82) is 0 Å². The van der Waals surface area contributed by atoms with Gasteiger partial charge in [0.05, 0.1) is 18.1 Å². The lowest BCUT2D eigenvalue weighted by Crippen LogP contribution is -2.46. The predicted molar refractivity (Wildman–Crippen MR) is 58.4 cm³/mol. The maximum atomic E-state index is 11.4. The molecule has 1 aliphatic heterocycles. The average Bonchev–Trinajstić information content (AvgIpc) is 2.07. The summed E-state index contributed by atoms with van der Waals surface area (Å²) in [6.45, 7) is 5.03. The van der Waals surface area contributed by atoms with Crippen LogP contribution in [0, 0.1) is 0 Å². The maximum absolute atomic E-state index is 11.4. The van der Waals surface area contributed by atoms with Crippen molar-refractivity contribution in [3.63, 3.8) is 0 Å². The molecular weight excluding hydrogens is 216 g/mol. The summed E-state index contributed by atoms with van der Waals surface area (Å²) in [5, 5.41) is 2.78. The zero-order valence-electron chi connectivity index (χ0n) is 9.19. The second-order valence-electron chi connectivity index (χ2n) is 4.15. The minimum atomic E-state index is -2.85. The second-order valence-corrected chi connectivity index (χ2v) is 6.45. The van der Waals surface area contributed by atoms with Crippen molar-refractivity contribution in [2.45, 2.75) is 19.9 Å². The molecule has 0 saturated carbocycles. The van der Waals surface area contributed by atoms with Gasteiger partial charge in [0.1, 0.15) is 0 Å². The van der Waals surface area contributed by atoms with Gasteiger partial charge in [0.25, 0.3) is 0 Å². The second kappa shape index (κ2) is 4.94. The Morgan fingerprint density at radius 2 is 1.87 bits per heavy atom. The Hall–Kier alpha value is -0.620. The van der Waals surface area contributed by atoms with Crippen LogP contribution in [0.2, 0.25) is 0 Å². The molecule has 5 nitrogen and oxygen atoms in total. The fourth-order valence-electron chi connectivity index (χ4n) is 1.48. The third-order valence-corrected chi connectivity index (χ3v) is 3.86. The molecule has 6 heteroatoms. The minimum Gasteiger partial charge on any atom is -0.353 e. The molecule has 0 aromatic carbocycles. The van der Waals surface area contributed by atoms with Crippen LogP contribution in [0.5, 0.6) is 0 Å². The van der Waals surface area contributed by atoms with Gasteiger partial charge in [0.15, 0.2) is 9.84 Å². The van der Waals surface area contributed by atoms with E-state index in [0.717, 1.165) is 0 Å². The highest BCUT2D eigenvalue weighted by atomic mass is 32.2. The predicted octanol–water partition coefficient (Wildman–Crippen LogP) is -0.759. The molecule has 1 amide bonds. The Morgan fingerprint density at radius 1 is 1.33 bits per heavy atom. The largest absolute Gasteiger partial charge is 0.353 e. The van der Waals surface area contributed by atoms with E-state index in [1.165, 1.54) is 0 Å². The Balaban J connectivity index is 2.33. The summed E-state index contributed by atoms with van der Waals surface area (Å²) in [4.78, 5) is 13.3. The van der Waals surface area contributed by atoms with Crippen molar-refractivity contribution < 1.29 is 13.2 Å². The van der Waals surface area contributed by atoms with E-state index in [1.54, 1.807) is 0 Å². The molecule has 1 fully saturated rings. The van der Waals surface area contributed by atoms with Gasteiger partial charge in [-0.25, -0.2) is 8.42 Å². The molecule has 15 heavy (non-hydrogen) atoms. The molecule has 0 atom stereocenters. The number of rotatable bonds is 3. The number of carbonyl (C=O) groups excluding carboxylic acids is 1. The summed E-state index contributed by atoms with van der Waals surface area (Å²) >= 11 is 0. The highest BCUT2D eigenvalue weighted by molar-refractivity contribution is 7.91. The Labute approximate surface area is 90.7 Å². The van der Waals surface area contributed by atoms with E-state index in [2.05, 4.69) is 5.32 Å². The topological polar surface area (TPSA) is 66.5 Å². The molecule has 88 valence electrons. The summed E-state index contributed by atoms with van der Waals surface area (Å²) < 4.78 is 22.3. The van der Waals surface area contributed by atoms with Crippen molar-refractivity contribution in [3.05, 3.63) is 0 Å². The van der Waals surface area contributed by atoms with Gasteiger partial charge in [0, 0.05) is 19.1 Å². The van der Waals surface area contributed by atoms with Crippen LogP contribution in [0.4, 0.5) is 0 Å². The van der Waals surface area contributed by atoms with E-state index in [-0.39, 0.29) is 23.5 Å². The van der Waals surface area contributed by atoms with Gasteiger partial charge in [-0.15, -0.1) is 0 Å². The van der Waals surface area contributed by atoms with E-state index in [1.807, 2.05) is 18.7 Å². The average molecular weight is 234 g/mol. The molecule has 0 aromatic rings. The molecule has 1 aliphatic rings. The van der Waals surface area contributed by atoms with E-state index < -0.39 is 9.84 Å². The highest BCUT2D eigenvalue weighted by Crippen LogP contribution is 2.02. The SMILES string of the molecule is CC(C)NC(=O)CN1CCS(=O)(=O)CC1. The van der Waals surface area contributed by atoms with Gasteiger partial charge in [-0.05, 0) is 13.8 Å².